The number of nitrogens with one attached hydrogen (secondary N) is 1. The van der Waals surface area contributed by atoms with E-state index in [1.54, 1.807) is 31.2 Å². The van der Waals surface area contributed by atoms with Gasteiger partial charge in [0.25, 0.3) is 5.91 Å². The van der Waals surface area contributed by atoms with Gasteiger partial charge >= 0.3 is 5.97 Å². The molecule has 2 aromatic rings. The fourth-order valence-electron chi connectivity index (χ4n) is 3.26. The summed E-state index contributed by atoms with van der Waals surface area (Å²) in [7, 11) is 1.87. The number of anilines is 3. The number of amides is 2. The lowest BCUT2D eigenvalue weighted by Gasteiger charge is -2.20. The van der Waals surface area contributed by atoms with Crippen molar-refractivity contribution in [3.8, 4) is 0 Å². The summed E-state index contributed by atoms with van der Waals surface area (Å²) in [5, 5.41) is 11.7. The number of allylic oxidation sites excluding steroid dienone is 1. The number of aromatic nitrogens is 2. The molecule has 2 amide bonds. The number of rotatable bonds is 12. The molecule has 12 heteroatoms. The van der Waals surface area contributed by atoms with Crippen molar-refractivity contribution in [1.29, 1.82) is 0 Å². The summed E-state index contributed by atoms with van der Waals surface area (Å²) >= 11 is 0. The molecule has 0 aliphatic rings. The molecule has 0 fully saturated rings. The van der Waals surface area contributed by atoms with Crippen molar-refractivity contribution in [2.45, 2.75) is 39.2 Å². The number of carboxylic acid groups (broad SMARTS) is 1. The molecule has 1 heterocycles. The lowest BCUT2D eigenvalue weighted by atomic mass is 10.1. The maximum absolute atomic E-state index is 12.5. The van der Waals surface area contributed by atoms with Crippen molar-refractivity contribution in [2.24, 2.45) is 10.7 Å². The van der Waals surface area contributed by atoms with Crippen molar-refractivity contribution >= 4 is 46.6 Å². The van der Waals surface area contributed by atoms with Crippen LogP contribution >= 0.6 is 0 Å². The molecular formula is C24H32N8O4. The first-order chi connectivity index (χ1) is 17.0. The summed E-state index contributed by atoms with van der Waals surface area (Å²) in [5.41, 5.74) is 19.5. The number of aliphatic carboxylic acids is 1. The lowest BCUT2D eigenvalue weighted by molar-refractivity contribution is -0.139. The average Bonchev–Trinajstić information content (AvgIpc) is 2.81. The molecule has 2 rings (SSSR count). The highest BCUT2D eigenvalue weighted by Crippen LogP contribution is 2.25. The van der Waals surface area contributed by atoms with E-state index >= 15 is 0 Å². The van der Waals surface area contributed by atoms with E-state index in [9.17, 15) is 19.5 Å². The zero-order valence-electron chi connectivity index (χ0n) is 20.6. The van der Waals surface area contributed by atoms with E-state index in [0.717, 1.165) is 12.1 Å². The Morgan fingerprint density at radius 1 is 1.19 bits per heavy atom. The van der Waals surface area contributed by atoms with Gasteiger partial charge in [0.1, 0.15) is 11.7 Å². The van der Waals surface area contributed by atoms with Gasteiger partial charge in [0, 0.05) is 24.7 Å². The van der Waals surface area contributed by atoms with Crippen LogP contribution in [0.2, 0.25) is 0 Å². The number of primary amides is 1. The number of hydrogen-bond acceptors (Lipinski definition) is 9. The van der Waals surface area contributed by atoms with E-state index in [1.807, 2.05) is 31.0 Å². The Morgan fingerprint density at radius 3 is 2.42 bits per heavy atom. The molecule has 1 unspecified atom stereocenters. The SMILES string of the molecule is CC/C=C/C(CN(C)c1ccc(C(=O)NC(CCC(N)=O)C(=O)O)cc1)=Nc1c(C)nc(N)nc1N. The smallest absolute Gasteiger partial charge is 0.326 e. The fourth-order valence-corrected chi connectivity index (χ4v) is 3.26. The number of hydrogen-bond donors (Lipinski definition) is 5. The van der Waals surface area contributed by atoms with Crippen molar-refractivity contribution < 1.29 is 19.5 Å². The van der Waals surface area contributed by atoms with E-state index in [4.69, 9.17) is 17.2 Å². The molecule has 0 saturated heterocycles. The Labute approximate surface area is 209 Å². The van der Waals surface area contributed by atoms with Crippen LogP contribution in [0.1, 0.15) is 42.2 Å². The minimum Gasteiger partial charge on any atom is -0.480 e. The molecule has 1 aromatic carbocycles. The Hall–Kier alpha value is -4.48. The highest BCUT2D eigenvalue weighted by atomic mass is 16.4. The molecule has 1 aromatic heterocycles. The standard InChI is InChI=1S/C24H32N8O4/c1-4-5-6-16(29-20-14(2)28-24(27)31-21(20)26)13-32(3)17-9-7-15(8-10-17)22(34)30-18(23(35)36)11-12-19(25)33/h5-10,18H,4,11-13H2,1-3H3,(H2,25,33)(H,30,34)(H,35,36)(H4,26,27,28,31)/b6-5+,29-16?. The summed E-state index contributed by atoms with van der Waals surface area (Å²) in [5.74, 6) is -2.17. The Morgan fingerprint density at radius 2 is 1.86 bits per heavy atom. The van der Waals surface area contributed by atoms with E-state index in [2.05, 4.69) is 20.3 Å². The number of carbonyl (C=O) groups is 3. The van der Waals surface area contributed by atoms with Crippen molar-refractivity contribution in [1.82, 2.24) is 15.3 Å². The van der Waals surface area contributed by atoms with Gasteiger partial charge < -0.3 is 32.5 Å². The number of carboxylic acids is 1. The third-order valence-corrected chi connectivity index (χ3v) is 5.16. The van der Waals surface area contributed by atoms with Gasteiger partial charge in [-0.2, -0.15) is 4.98 Å². The molecule has 1 atom stereocenters. The summed E-state index contributed by atoms with van der Waals surface area (Å²) in [6.07, 6.45) is 4.45. The Bertz CT molecular complexity index is 1140. The molecule has 192 valence electrons. The van der Waals surface area contributed by atoms with Gasteiger partial charge in [-0.1, -0.05) is 13.0 Å². The minimum atomic E-state index is -1.24. The summed E-state index contributed by atoms with van der Waals surface area (Å²) in [6.45, 7) is 4.18. The Kier molecular flexibility index (Phi) is 9.90. The molecule has 8 N–H and O–H groups in total. The first-order valence-electron chi connectivity index (χ1n) is 11.3. The third kappa shape index (κ3) is 8.08. The van der Waals surface area contributed by atoms with Gasteiger partial charge in [-0.25, -0.2) is 14.8 Å². The average molecular weight is 497 g/mol. The van der Waals surface area contributed by atoms with E-state index in [1.165, 1.54) is 0 Å². The first-order valence-corrected chi connectivity index (χ1v) is 11.3. The second-order valence-corrected chi connectivity index (χ2v) is 8.09. The predicted molar refractivity (Wildman–Crippen MR) is 139 cm³/mol. The molecular weight excluding hydrogens is 464 g/mol. The van der Waals surface area contributed by atoms with E-state index in [0.29, 0.717) is 23.6 Å². The highest BCUT2D eigenvalue weighted by molar-refractivity contribution is 6.01. The van der Waals surface area contributed by atoms with Crippen molar-refractivity contribution in [3.05, 3.63) is 47.7 Å². The topological polar surface area (TPSA) is 203 Å². The molecule has 0 aliphatic carbocycles. The van der Waals surface area contributed by atoms with Crippen molar-refractivity contribution in [2.75, 3.05) is 30.0 Å². The van der Waals surface area contributed by atoms with E-state index in [-0.39, 0.29) is 30.2 Å². The van der Waals surface area contributed by atoms with Crippen LogP contribution < -0.4 is 27.4 Å². The number of nitrogens with two attached hydrogens (primary N) is 3. The maximum Gasteiger partial charge on any atom is 0.326 e. The minimum absolute atomic E-state index is 0.0818. The van der Waals surface area contributed by atoms with Crippen LogP contribution in [0.15, 0.2) is 41.4 Å². The predicted octanol–water partition coefficient (Wildman–Crippen LogP) is 1.57. The fraction of sp³-hybridized carbons (Fsp3) is 0.333. The summed E-state index contributed by atoms with van der Waals surface area (Å²) in [4.78, 5) is 49.5. The molecule has 0 aliphatic heterocycles. The van der Waals surface area contributed by atoms with Crippen LogP contribution in [0.3, 0.4) is 0 Å². The van der Waals surface area contributed by atoms with Gasteiger partial charge in [-0.15, -0.1) is 0 Å². The van der Waals surface area contributed by atoms with Gasteiger partial charge in [-0.05, 0) is 50.1 Å². The molecule has 36 heavy (non-hydrogen) atoms. The monoisotopic (exact) mass is 496 g/mol. The number of benzene rings is 1. The third-order valence-electron chi connectivity index (χ3n) is 5.16. The largest absolute Gasteiger partial charge is 0.480 e. The quantitative estimate of drug-likeness (QED) is 0.270. The lowest BCUT2D eigenvalue weighted by Crippen LogP contribution is -2.41. The summed E-state index contributed by atoms with van der Waals surface area (Å²) < 4.78 is 0. The van der Waals surface area contributed by atoms with Crippen LogP contribution in [0, 0.1) is 6.92 Å². The van der Waals surface area contributed by atoms with Crippen LogP contribution in [-0.4, -0.2) is 58.2 Å². The van der Waals surface area contributed by atoms with Gasteiger partial charge in [0.15, 0.2) is 5.82 Å². The second kappa shape index (κ2) is 12.8. The molecule has 0 bridgehead atoms. The van der Waals surface area contributed by atoms with Gasteiger partial charge in [0.05, 0.1) is 18.0 Å². The van der Waals surface area contributed by atoms with Crippen LogP contribution in [0.5, 0.6) is 0 Å². The second-order valence-electron chi connectivity index (χ2n) is 8.09. The zero-order chi connectivity index (χ0) is 26.8. The van der Waals surface area contributed by atoms with Crippen LogP contribution in [0.25, 0.3) is 0 Å². The number of aryl methyl sites for hydroxylation is 1. The van der Waals surface area contributed by atoms with Gasteiger partial charge in [0.2, 0.25) is 11.9 Å². The van der Waals surface area contributed by atoms with Crippen LogP contribution in [-0.2, 0) is 9.59 Å². The number of nitrogens with zero attached hydrogens (tertiary/aromatic N) is 4. The molecule has 12 nitrogen and oxygen atoms in total. The van der Waals surface area contributed by atoms with Crippen molar-refractivity contribution in [3.63, 3.8) is 0 Å². The highest BCUT2D eigenvalue weighted by Gasteiger charge is 2.21. The van der Waals surface area contributed by atoms with Gasteiger partial charge in [-0.3, -0.25) is 9.59 Å². The van der Waals surface area contributed by atoms with Crippen LogP contribution in [0.4, 0.5) is 23.1 Å². The van der Waals surface area contributed by atoms with E-state index < -0.39 is 23.8 Å². The number of carbonyl (C=O) groups excluding carboxylic acids is 2. The molecule has 0 spiro atoms. The first kappa shape index (κ1) is 27.8. The normalized spacial score (nSPS) is 12.4. The molecule has 0 radical (unpaired) electrons. The Balaban J connectivity index is 2.18. The number of nitrogen functional groups attached to an aromatic ring is 2. The molecule has 0 saturated carbocycles. The number of aliphatic imine (C=N–C) groups is 1. The maximum atomic E-state index is 12.5. The zero-order valence-corrected chi connectivity index (χ0v) is 20.6. The summed E-state index contributed by atoms with van der Waals surface area (Å²) in [6, 6.07) is 5.43.